The van der Waals surface area contributed by atoms with Crippen LogP contribution < -0.4 is 0 Å². The van der Waals surface area contributed by atoms with Crippen molar-refractivity contribution < 1.29 is 15.0 Å². The highest BCUT2D eigenvalue weighted by molar-refractivity contribution is 6.30. The van der Waals surface area contributed by atoms with Crippen LogP contribution in [0.1, 0.15) is 10.4 Å². The molecule has 21 heavy (non-hydrogen) atoms. The van der Waals surface area contributed by atoms with Crippen molar-refractivity contribution in [2.75, 3.05) is 0 Å². The van der Waals surface area contributed by atoms with Crippen molar-refractivity contribution in [3.05, 3.63) is 77.3 Å². The average molecular weight is 301 g/mol. The zero-order valence-electron chi connectivity index (χ0n) is 11.0. The Morgan fingerprint density at radius 2 is 1.38 bits per heavy atom. The number of aromatic carboxylic acids is 1. The van der Waals surface area contributed by atoms with Crippen LogP contribution >= 0.6 is 11.6 Å². The maximum atomic E-state index is 10.7. The summed E-state index contributed by atoms with van der Waals surface area (Å²) in [5.41, 5.74) is -0.0660. The number of carboxylic acid groups (broad SMARTS) is 1. The van der Waals surface area contributed by atoms with Crippen molar-refractivity contribution in [1.82, 2.24) is 0 Å². The summed E-state index contributed by atoms with van der Waals surface area (Å²) in [5, 5.41) is 20.6. The molecule has 0 aliphatic carbocycles. The monoisotopic (exact) mass is 300 g/mol. The van der Waals surface area contributed by atoms with Gasteiger partial charge >= 0.3 is 5.97 Å². The lowest BCUT2D eigenvalue weighted by molar-refractivity contribution is 0.0694. The van der Waals surface area contributed by atoms with E-state index in [4.69, 9.17) is 16.7 Å². The molecule has 0 saturated heterocycles. The summed E-state index contributed by atoms with van der Waals surface area (Å²) in [4.78, 5) is 10.7. The summed E-state index contributed by atoms with van der Waals surface area (Å²) in [6.45, 7) is 0. The van der Waals surface area contributed by atoms with Gasteiger partial charge in [0.05, 0.1) is 0 Å². The molecular weight excluding hydrogens is 288 g/mol. The van der Waals surface area contributed by atoms with Crippen molar-refractivity contribution >= 4 is 28.3 Å². The molecule has 0 aliphatic heterocycles. The number of carbonyl (C=O) groups is 1. The molecule has 2 N–H and O–H groups in total. The Morgan fingerprint density at radius 1 is 0.857 bits per heavy atom. The third kappa shape index (κ3) is 3.97. The standard InChI is InChI=1S/C11H8O3.C6H5Cl/c12-10-6-8-4-2-1-3-7(8)5-9(10)11(13)14;7-6-4-2-1-3-5-6/h1-6,12H,(H,13,14);1-5H. The molecule has 0 aliphatic rings. The Kier molecular flexibility index (Phi) is 4.80. The van der Waals surface area contributed by atoms with Gasteiger partial charge in [-0.15, -0.1) is 0 Å². The predicted molar refractivity (Wildman–Crippen MR) is 84.0 cm³/mol. The molecule has 3 nitrogen and oxygen atoms in total. The lowest BCUT2D eigenvalue weighted by Gasteiger charge is -2.02. The van der Waals surface area contributed by atoms with Crippen LogP contribution in [0.15, 0.2) is 66.7 Å². The highest BCUT2D eigenvalue weighted by atomic mass is 35.5. The SMILES string of the molecule is Clc1ccccc1.O=C(O)c1cc2ccccc2cc1O. The molecule has 3 rings (SSSR count). The molecule has 3 aromatic rings. The number of benzene rings is 3. The summed E-state index contributed by atoms with van der Waals surface area (Å²) < 4.78 is 0. The van der Waals surface area contributed by atoms with Crippen LogP contribution in [0.5, 0.6) is 5.75 Å². The minimum atomic E-state index is -1.12. The first kappa shape index (κ1) is 14.9. The van der Waals surface area contributed by atoms with Crippen LogP contribution in [0.3, 0.4) is 0 Å². The second-order valence-corrected chi connectivity index (χ2v) is 4.75. The molecular formula is C17H13ClO3. The maximum absolute atomic E-state index is 10.7. The Bertz CT molecular complexity index is 754. The summed E-state index contributed by atoms with van der Waals surface area (Å²) in [5.74, 6) is -1.32. The van der Waals surface area contributed by atoms with Crippen LogP contribution in [0.2, 0.25) is 5.02 Å². The summed E-state index contributed by atoms with van der Waals surface area (Å²) in [6.07, 6.45) is 0. The fraction of sp³-hybridized carbons (Fsp3) is 0. The molecule has 106 valence electrons. The first-order valence-corrected chi connectivity index (χ1v) is 6.61. The molecule has 0 heterocycles. The van der Waals surface area contributed by atoms with E-state index in [1.54, 1.807) is 6.07 Å². The van der Waals surface area contributed by atoms with Gasteiger partial charge in [-0.3, -0.25) is 0 Å². The molecule has 3 aromatic carbocycles. The minimum absolute atomic E-state index is 0.0660. The molecule has 0 radical (unpaired) electrons. The molecule has 0 amide bonds. The molecule has 0 fully saturated rings. The van der Waals surface area contributed by atoms with Crippen molar-refractivity contribution in [3.63, 3.8) is 0 Å². The zero-order chi connectivity index (χ0) is 15.2. The number of phenols is 1. The molecule has 0 atom stereocenters. The normalized spacial score (nSPS) is 9.76. The van der Waals surface area contributed by atoms with Crippen molar-refractivity contribution in [2.24, 2.45) is 0 Å². The van der Waals surface area contributed by atoms with E-state index in [9.17, 15) is 9.90 Å². The lowest BCUT2D eigenvalue weighted by Crippen LogP contribution is -1.96. The van der Waals surface area contributed by atoms with Crippen LogP contribution in [-0.2, 0) is 0 Å². The van der Waals surface area contributed by atoms with E-state index in [0.717, 1.165) is 15.8 Å². The third-order valence-corrected chi connectivity index (χ3v) is 3.08. The molecule has 0 unspecified atom stereocenters. The fourth-order valence-electron chi connectivity index (χ4n) is 1.81. The molecule has 4 heteroatoms. The van der Waals surface area contributed by atoms with Crippen molar-refractivity contribution in [1.29, 1.82) is 0 Å². The smallest absolute Gasteiger partial charge is 0.339 e. The van der Waals surface area contributed by atoms with E-state index in [0.29, 0.717) is 0 Å². The largest absolute Gasteiger partial charge is 0.507 e. The number of fused-ring (bicyclic) bond motifs is 1. The number of rotatable bonds is 1. The van der Waals surface area contributed by atoms with Crippen molar-refractivity contribution in [3.8, 4) is 5.75 Å². The van der Waals surface area contributed by atoms with Gasteiger partial charge in [0.2, 0.25) is 0 Å². The zero-order valence-corrected chi connectivity index (χ0v) is 11.8. The van der Waals surface area contributed by atoms with Crippen LogP contribution in [0, 0.1) is 0 Å². The van der Waals surface area contributed by atoms with E-state index in [-0.39, 0.29) is 11.3 Å². The molecule has 0 aromatic heterocycles. The van der Waals surface area contributed by atoms with Gasteiger partial charge in [0, 0.05) is 5.02 Å². The fourth-order valence-corrected chi connectivity index (χ4v) is 1.96. The Morgan fingerprint density at radius 3 is 1.86 bits per heavy atom. The van der Waals surface area contributed by atoms with Gasteiger partial charge in [-0.25, -0.2) is 4.79 Å². The van der Waals surface area contributed by atoms with E-state index in [2.05, 4.69) is 0 Å². The second-order valence-electron chi connectivity index (χ2n) is 4.32. The Hall–Kier alpha value is -2.52. The number of carboxylic acids is 1. The first-order chi connectivity index (χ1) is 10.1. The van der Waals surface area contributed by atoms with Gasteiger partial charge in [-0.1, -0.05) is 54.1 Å². The second kappa shape index (κ2) is 6.77. The number of aromatic hydroxyl groups is 1. The summed E-state index contributed by atoms with van der Waals surface area (Å²) in [7, 11) is 0. The van der Waals surface area contributed by atoms with Gasteiger partial charge in [0.1, 0.15) is 11.3 Å². The molecule has 0 saturated carbocycles. The van der Waals surface area contributed by atoms with E-state index in [1.165, 1.54) is 12.1 Å². The Labute approximate surface area is 127 Å². The van der Waals surface area contributed by atoms with E-state index < -0.39 is 5.97 Å². The highest BCUT2D eigenvalue weighted by Gasteiger charge is 2.09. The minimum Gasteiger partial charge on any atom is -0.507 e. The number of hydrogen-bond acceptors (Lipinski definition) is 2. The molecule has 0 spiro atoms. The van der Waals surface area contributed by atoms with Gasteiger partial charge in [0.25, 0.3) is 0 Å². The van der Waals surface area contributed by atoms with Gasteiger partial charge < -0.3 is 10.2 Å². The Balaban J connectivity index is 0.000000194. The first-order valence-electron chi connectivity index (χ1n) is 6.23. The van der Waals surface area contributed by atoms with Crippen LogP contribution in [0.25, 0.3) is 10.8 Å². The van der Waals surface area contributed by atoms with Crippen LogP contribution in [0.4, 0.5) is 0 Å². The maximum Gasteiger partial charge on any atom is 0.339 e. The van der Waals surface area contributed by atoms with Crippen LogP contribution in [-0.4, -0.2) is 16.2 Å². The number of halogens is 1. The van der Waals surface area contributed by atoms with E-state index in [1.807, 2.05) is 48.5 Å². The van der Waals surface area contributed by atoms with Gasteiger partial charge in [0.15, 0.2) is 0 Å². The van der Waals surface area contributed by atoms with E-state index >= 15 is 0 Å². The lowest BCUT2D eigenvalue weighted by atomic mass is 10.1. The quantitative estimate of drug-likeness (QED) is 0.691. The predicted octanol–water partition coefficient (Wildman–Crippen LogP) is 4.58. The van der Waals surface area contributed by atoms with Gasteiger partial charge in [-0.2, -0.15) is 0 Å². The molecule has 0 bridgehead atoms. The highest BCUT2D eigenvalue weighted by Crippen LogP contribution is 2.24. The third-order valence-electron chi connectivity index (χ3n) is 2.83. The van der Waals surface area contributed by atoms with Gasteiger partial charge in [-0.05, 0) is 35.0 Å². The number of hydrogen-bond donors (Lipinski definition) is 2. The summed E-state index contributed by atoms with van der Waals surface area (Å²) >= 11 is 5.54. The average Bonchev–Trinajstić information content (AvgIpc) is 2.47. The topological polar surface area (TPSA) is 57.5 Å². The van der Waals surface area contributed by atoms with Crippen molar-refractivity contribution in [2.45, 2.75) is 0 Å². The summed E-state index contributed by atoms with van der Waals surface area (Å²) in [6, 6.07) is 19.7.